The standard InChI is InChI=1S/C10H8N2O4/c1-10(12(15)16)4-2-3-6-7(5-10)9(14)11-8(6)13/h2-5H,1H3,(H,11,13,14). The second kappa shape index (κ2) is 3.13. The molecule has 0 saturated carbocycles. The Morgan fingerprint density at radius 2 is 1.94 bits per heavy atom. The third-order valence-corrected chi connectivity index (χ3v) is 2.53. The van der Waals surface area contributed by atoms with E-state index in [1.165, 1.54) is 31.2 Å². The van der Waals surface area contributed by atoms with Crippen molar-refractivity contribution in [1.82, 2.24) is 5.32 Å². The third kappa shape index (κ3) is 1.35. The van der Waals surface area contributed by atoms with Gasteiger partial charge in [-0.15, -0.1) is 0 Å². The highest BCUT2D eigenvalue weighted by Gasteiger charge is 2.39. The Morgan fingerprint density at radius 3 is 2.56 bits per heavy atom. The molecule has 6 heteroatoms. The maximum Gasteiger partial charge on any atom is 0.258 e. The molecule has 0 aromatic heterocycles. The van der Waals surface area contributed by atoms with Crippen LogP contribution in [-0.4, -0.2) is 22.3 Å². The number of rotatable bonds is 1. The lowest BCUT2D eigenvalue weighted by atomic mass is 9.99. The average Bonchev–Trinajstić information content (AvgIpc) is 2.39. The van der Waals surface area contributed by atoms with Gasteiger partial charge in [0.05, 0.1) is 11.1 Å². The summed E-state index contributed by atoms with van der Waals surface area (Å²) in [5, 5.41) is 13.0. The number of imide groups is 1. The Morgan fingerprint density at radius 1 is 1.31 bits per heavy atom. The molecule has 0 radical (unpaired) electrons. The minimum atomic E-state index is -1.46. The van der Waals surface area contributed by atoms with E-state index >= 15 is 0 Å². The van der Waals surface area contributed by atoms with Crippen molar-refractivity contribution in [2.24, 2.45) is 0 Å². The van der Waals surface area contributed by atoms with Crippen LogP contribution < -0.4 is 5.32 Å². The van der Waals surface area contributed by atoms with Crippen molar-refractivity contribution in [3.8, 4) is 0 Å². The zero-order valence-electron chi connectivity index (χ0n) is 8.39. The fourth-order valence-corrected chi connectivity index (χ4v) is 1.58. The van der Waals surface area contributed by atoms with Gasteiger partial charge in [0, 0.05) is 17.9 Å². The summed E-state index contributed by atoms with van der Waals surface area (Å²) in [7, 11) is 0. The van der Waals surface area contributed by atoms with Crippen LogP contribution in [-0.2, 0) is 9.59 Å². The van der Waals surface area contributed by atoms with Gasteiger partial charge in [0.2, 0.25) is 0 Å². The highest BCUT2D eigenvalue weighted by molar-refractivity contribution is 6.24. The maximum absolute atomic E-state index is 11.4. The molecule has 1 unspecified atom stereocenters. The van der Waals surface area contributed by atoms with Crippen molar-refractivity contribution >= 4 is 11.8 Å². The lowest BCUT2D eigenvalue weighted by Crippen LogP contribution is -2.30. The highest BCUT2D eigenvalue weighted by atomic mass is 16.6. The average molecular weight is 220 g/mol. The van der Waals surface area contributed by atoms with E-state index in [1.807, 2.05) is 0 Å². The molecule has 1 aliphatic carbocycles. The molecular formula is C10H8N2O4. The Hall–Kier alpha value is -2.24. The molecule has 16 heavy (non-hydrogen) atoms. The molecule has 2 rings (SSSR count). The van der Waals surface area contributed by atoms with Gasteiger partial charge in [-0.05, 0) is 12.2 Å². The number of carbonyl (C=O) groups excluding carboxylic acids is 2. The molecule has 2 aliphatic rings. The Labute approximate surface area is 90.5 Å². The fraction of sp³-hybridized carbons (Fsp3) is 0.200. The van der Waals surface area contributed by atoms with Crippen molar-refractivity contribution in [2.45, 2.75) is 12.5 Å². The smallest absolute Gasteiger partial charge is 0.258 e. The van der Waals surface area contributed by atoms with E-state index in [-0.39, 0.29) is 11.1 Å². The summed E-state index contributed by atoms with van der Waals surface area (Å²) in [6.07, 6.45) is 5.36. The summed E-state index contributed by atoms with van der Waals surface area (Å²) in [5.74, 6) is -1.11. The first-order valence-electron chi connectivity index (χ1n) is 4.57. The summed E-state index contributed by atoms with van der Waals surface area (Å²) >= 11 is 0. The largest absolute Gasteiger partial charge is 0.288 e. The Balaban J connectivity index is 2.58. The van der Waals surface area contributed by atoms with Crippen molar-refractivity contribution in [1.29, 1.82) is 0 Å². The van der Waals surface area contributed by atoms with Gasteiger partial charge in [-0.1, -0.05) is 6.08 Å². The number of fused-ring (bicyclic) bond motifs is 1. The van der Waals surface area contributed by atoms with Crippen LogP contribution in [0.2, 0.25) is 0 Å². The van der Waals surface area contributed by atoms with E-state index in [0.717, 1.165) is 0 Å². The van der Waals surface area contributed by atoms with E-state index in [2.05, 4.69) is 5.32 Å². The summed E-state index contributed by atoms with van der Waals surface area (Å²) in [6.45, 7) is 1.36. The molecule has 0 aromatic carbocycles. The van der Waals surface area contributed by atoms with Crippen molar-refractivity contribution in [3.63, 3.8) is 0 Å². The van der Waals surface area contributed by atoms with E-state index in [0.29, 0.717) is 0 Å². The van der Waals surface area contributed by atoms with Gasteiger partial charge in [-0.3, -0.25) is 25.0 Å². The SMILES string of the molecule is CC1([N+](=O)[O-])C=CC=C2C(=O)NC(=O)C2=C1. The lowest BCUT2D eigenvalue weighted by Gasteiger charge is -2.11. The van der Waals surface area contributed by atoms with Crippen LogP contribution >= 0.6 is 0 Å². The number of hydrogen-bond acceptors (Lipinski definition) is 4. The predicted molar refractivity (Wildman–Crippen MR) is 53.9 cm³/mol. The lowest BCUT2D eigenvalue weighted by molar-refractivity contribution is -0.535. The summed E-state index contributed by atoms with van der Waals surface area (Å²) < 4.78 is 0. The molecule has 1 N–H and O–H groups in total. The minimum absolute atomic E-state index is 0.0641. The molecule has 1 aliphatic heterocycles. The monoisotopic (exact) mass is 220 g/mol. The summed E-state index contributed by atoms with van der Waals surface area (Å²) in [5.41, 5.74) is -1.23. The van der Waals surface area contributed by atoms with E-state index in [4.69, 9.17) is 0 Å². The highest BCUT2D eigenvalue weighted by Crippen LogP contribution is 2.26. The van der Waals surface area contributed by atoms with Gasteiger partial charge in [0.1, 0.15) is 0 Å². The number of nitrogens with one attached hydrogen (secondary N) is 1. The molecule has 6 nitrogen and oxygen atoms in total. The van der Waals surface area contributed by atoms with E-state index < -0.39 is 22.3 Å². The molecule has 1 heterocycles. The fourth-order valence-electron chi connectivity index (χ4n) is 1.58. The van der Waals surface area contributed by atoms with Gasteiger partial charge in [0.15, 0.2) is 0 Å². The third-order valence-electron chi connectivity index (χ3n) is 2.53. The molecule has 1 fully saturated rings. The maximum atomic E-state index is 11.4. The molecule has 1 atom stereocenters. The summed E-state index contributed by atoms with van der Waals surface area (Å²) in [6, 6.07) is 0. The number of amides is 2. The van der Waals surface area contributed by atoms with Gasteiger partial charge in [-0.2, -0.15) is 0 Å². The molecule has 0 bridgehead atoms. The second-order valence-electron chi connectivity index (χ2n) is 3.76. The number of allylic oxidation sites excluding steroid dienone is 2. The molecule has 2 amide bonds. The molecule has 1 saturated heterocycles. The topological polar surface area (TPSA) is 89.3 Å². The molecular weight excluding hydrogens is 212 g/mol. The first-order chi connectivity index (χ1) is 7.44. The van der Waals surface area contributed by atoms with Crippen molar-refractivity contribution < 1.29 is 14.5 Å². The van der Waals surface area contributed by atoms with Gasteiger partial charge < -0.3 is 0 Å². The number of carbonyl (C=O) groups is 2. The van der Waals surface area contributed by atoms with Gasteiger partial charge in [0.25, 0.3) is 17.4 Å². The van der Waals surface area contributed by atoms with Crippen LogP contribution in [0.4, 0.5) is 0 Å². The first-order valence-corrected chi connectivity index (χ1v) is 4.57. The minimum Gasteiger partial charge on any atom is -0.288 e. The molecule has 0 aromatic rings. The predicted octanol–water partition coefficient (Wildman–Crippen LogP) is 0.101. The van der Waals surface area contributed by atoms with Crippen LogP contribution in [0.25, 0.3) is 0 Å². The van der Waals surface area contributed by atoms with Crippen LogP contribution in [0.5, 0.6) is 0 Å². The number of hydrogen-bond donors (Lipinski definition) is 1. The molecule has 0 spiro atoms. The van der Waals surface area contributed by atoms with E-state index in [1.54, 1.807) is 0 Å². The second-order valence-corrected chi connectivity index (χ2v) is 3.76. The molecule has 82 valence electrons. The van der Waals surface area contributed by atoms with Crippen LogP contribution in [0, 0.1) is 10.1 Å². The zero-order chi connectivity index (χ0) is 11.9. The van der Waals surface area contributed by atoms with Crippen molar-refractivity contribution in [3.05, 3.63) is 45.6 Å². The van der Waals surface area contributed by atoms with Gasteiger partial charge >= 0.3 is 0 Å². The zero-order valence-corrected chi connectivity index (χ0v) is 8.39. The van der Waals surface area contributed by atoms with E-state index in [9.17, 15) is 19.7 Å². The van der Waals surface area contributed by atoms with Crippen LogP contribution in [0.1, 0.15) is 6.92 Å². The summed E-state index contributed by atoms with van der Waals surface area (Å²) in [4.78, 5) is 33.1. The van der Waals surface area contributed by atoms with Crippen molar-refractivity contribution in [2.75, 3.05) is 0 Å². The quantitative estimate of drug-likeness (QED) is 0.385. The van der Waals surface area contributed by atoms with Gasteiger partial charge in [-0.25, -0.2) is 0 Å². The Bertz CT molecular complexity index is 501. The first kappa shape index (κ1) is 10.3. The van der Waals surface area contributed by atoms with Crippen LogP contribution in [0.15, 0.2) is 35.5 Å². The number of nitro groups is 1. The number of nitrogens with zero attached hydrogens (tertiary/aromatic N) is 1. The van der Waals surface area contributed by atoms with Crippen LogP contribution in [0.3, 0.4) is 0 Å². The normalized spacial score (nSPS) is 27.8. The Kier molecular flexibility index (Phi) is 2.01.